The highest BCUT2D eigenvalue weighted by atomic mass is 79.9. The molecular weight excluding hydrogens is 306 g/mol. The summed E-state index contributed by atoms with van der Waals surface area (Å²) in [5.74, 6) is 0. The second-order valence-electron chi connectivity index (χ2n) is 3.17. The number of hydrogen-bond donors (Lipinski definition) is 1. The quantitative estimate of drug-likeness (QED) is 0.884. The normalized spacial score (nSPS) is 12.5. The van der Waals surface area contributed by atoms with E-state index in [0.29, 0.717) is 6.04 Å². The minimum Gasteiger partial charge on any atom is -0.306 e. The van der Waals surface area contributed by atoms with Crippen LogP contribution < -0.4 is 5.32 Å². The molecule has 1 aromatic rings. The third-order valence-corrected chi connectivity index (χ3v) is 2.72. The molecule has 0 saturated heterocycles. The first-order valence-corrected chi connectivity index (χ1v) is 6.00. The summed E-state index contributed by atoms with van der Waals surface area (Å²) in [4.78, 5) is 0. The lowest BCUT2D eigenvalue weighted by molar-refractivity contribution is 0.615. The maximum Gasteiger partial charge on any atom is 0.0295 e. The van der Waals surface area contributed by atoms with E-state index < -0.39 is 0 Å². The van der Waals surface area contributed by atoms with Crippen LogP contribution in [-0.4, -0.2) is 6.54 Å². The predicted molar refractivity (Wildman–Crippen MR) is 68.6 cm³/mol. The monoisotopic (exact) mass is 317 g/mol. The molecule has 14 heavy (non-hydrogen) atoms. The van der Waals surface area contributed by atoms with Gasteiger partial charge in [0.2, 0.25) is 0 Å². The average Bonchev–Trinajstić information content (AvgIpc) is 2.14. The molecule has 0 saturated carbocycles. The molecular formula is C11H13Br2N. The molecule has 0 spiro atoms. The SMILES string of the molecule is C=C(Br)CN[C@@H](C)c1cccc(Br)c1. The summed E-state index contributed by atoms with van der Waals surface area (Å²) in [5.41, 5.74) is 1.27. The van der Waals surface area contributed by atoms with Gasteiger partial charge in [-0.2, -0.15) is 0 Å². The summed E-state index contributed by atoms with van der Waals surface area (Å²) in [5, 5.41) is 3.36. The molecule has 1 atom stereocenters. The van der Waals surface area contributed by atoms with Gasteiger partial charge < -0.3 is 5.32 Å². The summed E-state index contributed by atoms with van der Waals surface area (Å²) in [6.45, 7) is 6.71. The molecule has 0 heterocycles. The highest BCUT2D eigenvalue weighted by molar-refractivity contribution is 9.11. The van der Waals surface area contributed by atoms with Crippen molar-refractivity contribution >= 4 is 31.9 Å². The van der Waals surface area contributed by atoms with E-state index >= 15 is 0 Å². The molecule has 0 radical (unpaired) electrons. The van der Waals surface area contributed by atoms with Crippen molar-refractivity contribution in [1.82, 2.24) is 5.32 Å². The maximum absolute atomic E-state index is 3.78. The van der Waals surface area contributed by atoms with Gasteiger partial charge in [-0.15, -0.1) is 0 Å². The minimum absolute atomic E-state index is 0.335. The summed E-state index contributed by atoms with van der Waals surface area (Å²) >= 11 is 6.78. The van der Waals surface area contributed by atoms with Crippen molar-refractivity contribution in [2.45, 2.75) is 13.0 Å². The van der Waals surface area contributed by atoms with Gasteiger partial charge in [-0.25, -0.2) is 0 Å². The molecule has 0 aliphatic rings. The molecule has 0 unspecified atom stereocenters. The highest BCUT2D eigenvalue weighted by Gasteiger charge is 2.04. The lowest BCUT2D eigenvalue weighted by Gasteiger charge is -2.13. The van der Waals surface area contributed by atoms with Crippen LogP contribution in [0.15, 0.2) is 39.8 Å². The minimum atomic E-state index is 0.335. The van der Waals surface area contributed by atoms with Crippen LogP contribution in [0.4, 0.5) is 0 Å². The molecule has 0 bridgehead atoms. The smallest absolute Gasteiger partial charge is 0.0295 e. The van der Waals surface area contributed by atoms with Gasteiger partial charge >= 0.3 is 0 Å². The van der Waals surface area contributed by atoms with Crippen molar-refractivity contribution in [2.24, 2.45) is 0 Å². The van der Waals surface area contributed by atoms with Crippen LogP contribution in [0.5, 0.6) is 0 Å². The fourth-order valence-corrected chi connectivity index (χ4v) is 1.74. The third-order valence-electron chi connectivity index (χ3n) is 1.95. The van der Waals surface area contributed by atoms with Crippen molar-refractivity contribution < 1.29 is 0 Å². The van der Waals surface area contributed by atoms with Crippen LogP contribution in [0.3, 0.4) is 0 Å². The van der Waals surface area contributed by atoms with Gasteiger partial charge in [0.15, 0.2) is 0 Å². The Hall–Kier alpha value is -0.120. The first-order valence-electron chi connectivity index (χ1n) is 4.41. The standard InChI is InChI=1S/C11H13Br2N/c1-8(12)7-14-9(2)10-4-3-5-11(13)6-10/h3-6,9,14H,1,7H2,2H3/t9-/m0/s1. The fourth-order valence-electron chi connectivity index (χ4n) is 1.16. The van der Waals surface area contributed by atoms with Crippen molar-refractivity contribution in [3.05, 3.63) is 45.4 Å². The van der Waals surface area contributed by atoms with E-state index in [9.17, 15) is 0 Å². The summed E-state index contributed by atoms with van der Waals surface area (Å²) in [6.07, 6.45) is 0. The maximum atomic E-state index is 3.78. The molecule has 3 heteroatoms. The predicted octanol–water partition coefficient (Wildman–Crippen LogP) is 4.01. The van der Waals surface area contributed by atoms with E-state index in [-0.39, 0.29) is 0 Å². The van der Waals surface area contributed by atoms with Gasteiger partial charge in [0.05, 0.1) is 0 Å². The molecule has 76 valence electrons. The summed E-state index contributed by atoms with van der Waals surface area (Å²) in [6, 6.07) is 8.63. The molecule has 1 aromatic carbocycles. The largest absolute Gasteiger partial charge is 0.306 e. The third kappa shape index (κ3) is 3.95. The van der Waals surface area contributed by atoms with E-state index in [1.54, 1.807) is 0 Å². The van der Waals surface area contributed by atoms with Crippen molar-refractivity contribution in [3.8, 4) is 0 Å². The second-order valence-corrected chi connectivity index (χ2v) is 5.21. The number of hydrogen-bond acceptors (Lipinski definition) is 1. The molecule has 0 amide bonds. The number of rotatable bonds is 4. The zero-order valence-corrected chi connectivity index (χ0v) is 11.2. The molecule has 0 fully saturated rings. The number of benzene rings is 1. The highest BCUT2D eigenvalue weighted by Crippen LogP contribution is 2.18. The first kappa shape index (κ1) is 12.0. The second kappa shape index (κ2) is 5.69. The Labute approximate surface area is 102 Å². The first-order chi connectivity index (χ1) is 6.59. The number of nitrogens with one attached hydrogen (secondary N) is 1. The van der Waals surface area contributed by atoms with E-state index in [1.165, 1.54) is 5.56 Å². The Balaban J connectivity index is 2.60. The Morgan fingerprint density at radius 2 is 2.29 bits per heavy atom. The van der Waals surface area contributed by atoms with Crippen LogP contribution in [0, 0.1) is 0 Å². The summed E-state index contributed by atoms with van der Waals surface area (Å²) in [7, 11) is 0. The van der Waals surface area contributed by atoms with E-state index in [1.807, 2.05) is 12.1 Å². The van der Waals surface area contributed by atoms with Crippen LogP contribution in [-0.2, 0) is 0 Å². The van der Waals surface area contributed by atoms with Crippen LogP contribution in [0.1, 0.15) is 18.5 Å². The summed E-state index contributed by atoms with van der Waals surface area (Å²) < 4.78 is 2.08. The average molecular weight is 319 g/mol. The van der Waals surface area contributed by atoms with Crippen LogP contribution >= 0.6 is 31.9 Å². The van der Waals surface area contributed by atoms with E-state index in [2.05, 4.69) is 62.8 Å². The van der Waals surface area contributed by atoms with Gasteiger partial charge in [-0.3, -0.25) is 0 Å². The Morgan fingerprint density at radius 3 is 2.86 bits per heavy atom. The van der Waals surface area contributed by atoms with E-state index in [4.69, 9.17) is 0 Å². The van der Waals surface area contributed by atoms with Gasteiger partial charge in [0.25, 0.3) is 0 Å². The molecule has 1 N–H and O–H groups in total. The Kier molecular flexibility index (Phi) is 4.85. The van der Waals surface area contributed by atoms with Crippen molar-refractivity contribution in [2.75, 3.05) is 6.54 Å². The fraction of sp³-hybridized carbons (Fsp3) is 0.273. The van der Waals surface area contributed by atoms with Crippen molar-refractivity contribution in [1.29, 1.82) is 0 Å². The van der Waals surface area contributed by atoms with Gasteiger partial charge in [-0.1, -0.05) is 50.6 Å². The lowest BCUT2D eigenvalue weighted by atomic mass is 10.1. The van der Waals surface area contributed by atoms with Crippen LogP contribution in [0.25, 0.3) is 0 Å². The molecule has 1 rings (SSSR count). The molecule has 0 aliphatic carbocycles. The Bertz CT molecular complexity index is 323. The van der Waals surface area contributed by atoms with Crippen molar-refractivity contribution in [3.63, 3.8) is 0 Å². The lowest BCUT2D eigenvalue weighted by Crippen LogP contribution is -2.19. The molecule has 1 nitrogen and oxygen atoms in total. The number of halogens is 2. The van der Waals surface area contributed by atoms with Crippen LogP contribution in [0.2, 0.25) is 0 Å². The van der Waals surface area contributed by atoms with Gasteiger partial charge in [0.1, 0.15) is 0 Å². The zero-order chi connectivity index (χ0) is 10.6. The molecule has 0 aromatic heterocycles. The van der Waals surface area contributed by atoms with Gasteiger partial charge in [-0.05, 0) is 24.6 Å². The zero-order valence-electron chi connectivity index (χ0n) is 8.06. The van der Waals surface area contributed by atoms with Gasteiger partial charge in [0, 0.05) is 21.5 Å². The topological polar surface area (TPSA) is 12.0 Å². The van der Waals surface area contributed by atoms with E-state index in [0.717, 1.165) is 15.5 Å². The Morgan fingerprint density at radius 1 is 1.57 bits per heavy atom. The molecule has 0 aliphatic heterocycles.